The Balaban J connectivity index is 0.000000249. The van der Waals surface area contributed by atoms with Crippen molar-refractivity contribution in [1.29, 1.82) is 0 Å². The molecule has 2 fully saturated rings. The largest absolute Gasteiger partial charge is 0.479 e. The predicted molar refractivity (Wildman–Crippen MR) is 313 cm³/mol. The third-order valence-electron chi connectivity index (χ3n) is 12.8. The van der Waals surface area contributed by atoms with Gasteiger partial charge in [-0.2, -0.15) is 46.3 Å². The van der Waals surface area contributed by atoms with E-state index in [9.17, 15) is 50.3 Å². The Morgan fingerprint density at radius 3 is 1.33 bits per heavy atom. The van der Waals surface area contributed by atoms with Crippen molar-refractivity contribution in [2.75, 3.05) is 115 Å². The summed E-state index contributed by atoms with van der Waals surface area (Å²) in [5, 5.41) is 16.1. The minimum absolute atomic E-state index is 0.0924. The van der Waals surface area contributed by atoms with E-state index in [0.717, 1.165) is 12.2 Å². The number of hydrogen-bond acceptors (Lipinski definition) is 20. The number of methoxy groups -OCH3 is 2. The number of ether oxygens (including phenoxy) is 3. The number of benzene rings is 2. The summed E-state index contributed by atoms with van der Waals surface area (Å²) >= 11 is 0. The lowest BCUT2D eigenvalue weighted by molar-refractivity contribution is -0.150. The van der Waals surface area contributed by atoms with Gasteiger partial charge in [0, 0.05) is 99.8 Å². The van der Waals surface area contributed by atoms with Crippen molar-refractivity contribution >= 4 is 98.9 Å². The first kappa shape index (κ1) is 64.3. The molecule has 2 aliphatic heterocycles. The van der Waals surface area contributed by atoms with E-state index in [1.165, 1.54) is 45.4 Å². The number of amides is 4. The number of carbonyl (C=O) groups excluding carboxylic acids is 5. The van der Waals surface area contributed by atoms with E-state index in [4.69, 9.17) is 14.2 Å². The Kier molecular flexibility index (Phi) is 20.7. The van der Waals surface area contributed by atoms with E-state index in [-0.39, 0.29) is 53.5 Å². The molecular weight excluding hydrogens is 1150 g/mol. The number of rotatable bonds is 18. The molecule has 8 rings (SSSR count). The van der Waals surface area contributed by atoms with Gasteiger partial charge in [0.1, 0.15) is 45.8 Å². The maximum absolute atomic E-state index is 13.8. The maximum atomic E-state index is 13.8. The molecule has 0 bridgehead atoms. The van der Waals surface area contributed by atoms with Crippen LogP contribution in [0.4, 0.5) is 95.6 Å². The topological polar surface area (TPSA) is 276 Å². The fourth-order valence-corrected chi connectivity index (χ4v) is 8.51. The number of anilines is 12. The van der Waals surface area contributed by atoms with E-state index < -0.39 is 58.3 Å². The molecular formula is C57H62F6N16O8. The first-order valence-electron chi connectivity index (χ1n) is 26.6. The molecule has 6 N–H and O–H groups in total. The Labute approximate surface area is 495 Å². The van der Waals surface area contributed by atoms with Crippen LogP contribution in [-0.2, 0) is 41.1 Å². The second-order valence-electron chi connectivity index (χ2n) is 20.1. The van der Waals surface area contributed by atoms with Crippen molar-refractivity contribution in [3.05, 3.63) is 122 Å². The molecule has 87 heavy (non-hydrogen) atoms. The Hall–Kier alpha value is -10.3. The van der Waals surface area contributed by atoms with Crippen molar-refractivity contribution in [3.8, 4) is 11.8 Å². The van der Waals surface area contributed by atoms with Crippen LogP contribution < -0.4 is 51.2 Å². The molecule has 4 amide bonds. The minimum atomic E-state index is -4.76. The molecule has 2 aromatic carbocycles. The van der Waals surface area contributed by atoms with Gasteiger partial charge in [-0.1, -0.05) is 46.1 Å². The summed E-state index contributed by atoms with van der Waals surface area (Å²) in [5.74, 6) is -1.47. The molecule has 24 nitrogen and oxygen atoms in total. The van der Waals surface area contributed by atoms with Gasteiger partial charge in [0.25, 0.3) is 5.91 Å². The monoisotopic (exact) mass is 1210 g/mol. The van der Waals surface area contributed by atoms with Crippen LogP contribution in [0.3, 0.4) is 0 Å². The highest BCUT2D eigenvalue weighted by Gasteiger charge is 2.37. The number of halogens is 6. The lowest BCUT2D eigenvalue weighted by Gasteiger charge is -2.38. The molecule has 4 aromatic heterocycles. The second kappa shape index (κ2) is 28.1. The summed E-state index contributed by atoms with van der Waals surface area (Å²) in [5.41, 5.74) is -0.819. The number of piperazine rings is 2. The summed E-state index contributed by atoms with van der Waals surface area (Å²) in [6, 6.07) is 18.9. The van der Waals surface area contributed by atoms with Crippen molar-refractivity contribution < 1.29 is 64.5 Å². The molecule has 2 saturated heterocycles. The quantitative estimate of drug-likeness (QED) is 0.0266. The van der Waals surface area contributed by atoms with Gasteiger partial charge in [-0.05, 0) is 72.8 Å². The fraction of sp³-hybridized carbons (Fsp3) is 0.316. The van der Waals surface area contributed by atoms with E-state index >= 15 is 0 Å². The lowest BCUT2D eigenvalue weighted by atomic mass is 9.94. The van der Waals surface area contributed by atoms with E-state index in [0.29, 0.717) is 99.1 Å². The number of hydrogen-bond donors (Lipinski definition) is 6. The third-order valence-corrected chi connectivity index (χ3v) is 12.8. The molecule has 460 valence electrons. The van der Waals surface area contributed by atoms with Crippen molar-refractivity contribution in [3.63, 3.8) is 0 Å². The molecule has 0 spiro atoms. The zero-order chi connectivity index (χ0) is 63.2. The number of nitrogens with one attached hydrogen (secondary N) is 6. The summed E-state index contributed by atoms with van der Waals surface area (Å²) in [7, 11) is 2.82. The average Bonchev–Trinajstić information content (AvgIpc) is 1.47. The molecule has 30 heteroatoms. The highest BCUT2D eigenvalue weighted by atomic mass is 19.4. The van der Waals surface area contributed by atoms with Gasteiger partial charge in [0.2, 0.25) is 41.4 Å². The van der Waals surface area contributed by atoms with Crippen LogP contribution in [0.15, 0.2) is 111 Å². The minimum Gasteiger partial charge on any atom is -0.479 e. The number of alkyl halides is 6. The van der Waals surface area contributed by atoms with Crippen LogP contribution in [0.25, 0.3) is 0 Å². The van der Waals surface area contributed by atoms with E-state index in [1.54, 1.807) is 53.4 Å². The number of nitrogens with zero attached hydrogens (tertiary/aromatic N) is 10. The second-order valence-corrected chi connectivity index (χ2v) is 20.1. The number of pyridine rings is 2. The van der Waals surface area contributed by atoms with Gasteiger partial charge in [0.15, 0.2) is 6.61 Å². The summed E-state index contributed by atoms with van der Waals surface area (Å²) in [6.45, 7) is 17.3. The van der Waals surface area contributed by atoms with Gasteiger partial charge < -0.3 is 65.7 Å². The van der Waals surface area contributed by atoms with Crippen molar-refractivity contribution in [2.24, 2.45) is 5.41 Å². The van der Waals surface area contributed by atoms with Gasteiger partial charge in [-0.3, -0.25) is 24.0 Å². The molecule has 2 aliphatic rings. The van der Waals surface area contributed by atoms with Gasteiger partial charge in [0.05, 0.1) is 14.2 Å². The zero-order valence-corrected chi connectivity index (χ0v) is 48.0. The normalized spacial score (nSPS) is 13.4. The van der Waals surface area contributed by atoms with Crippen LogP contribution >= 0.6 is 0 Å². The molecule has 0 saturated carbocycles. The van der Waals surface area contributed by atoms with E-state index in [1.807, 2.05) is 35.5 Å². The summed E-state index contributed by atoms with van der Waals surface area (Å²) in [4.78, 5) is 91.3. The number of aromatic nitrogens is 6. The molecule has 0 radical (unpaired) electrons. The number of carbonyl (C=O) groups is 5. The van der Waals surface area contributed by atoms with Crippen LogP contribution in [0, 0.1) is 5.41 Å². The van der Waals surface area contributed by atoms with E-state index in [2.05, 4.69) is 75.0 Å². The SMILES string of the molecule is C=CC(=O)Nc1cccc(Nc2nc(Nc3ccc(N4CCN(C(=O)C(C)(C)C)CC4)nc3OC)ncc2C(F)(F)F)c1.C=CC(=O)Nc1cccc(Nc2nc(Nc3ccc(N4CCN(C(=O)COC(C)=O)CC4)nc3OC)ncc2C(F)(F)F)c1. The van der Waals surface area contributed by atoms with Crippen LogP contribution in [0.2, 0.25) is 0 Å². The zero-order valence-electron chi connectivity index (χ0n) is 48.0. The highest BCUT2D eigenvalue weighted by molar-refractivity contribution is 6.00. The molecule has 0 unspecified atom stereocenters. The van der Waals surface area contributed by atoms with Gasteiger partial charge in [-0.25, -0.2) is 9.97 Å². The van der Waals surface area contributed by atoms with Gasteiger partial charge >= 0.3 is 18.3 Å². The molecule has 6 aromatic rings. The van der Waals surface area contributed by atoms with Crippen LogP contribution in [0.1, 0.15) is 38.8 Å². The number of esters is 1. The molecule has 0 atom stereocenters. The summed E-state index contributed by atoms with van der Waals surface area (Å²) in [6.07, 6.45) is -6.02. The Morgan fingerprint density at radius 2 is 0.966 bits per heavy atom. The average molecular weight is 1210 g/mol. The Bertz CT molecular complexity index is 3500. The molecule has 0 aliphatic carbocycles. The third kappa shape index (κ3) is 17.6. The standard InChI is InChI=1S/C29H33F3N8O3.C28H29F3N8O5/c1-6-23(41)34-18-8-7-9-19(16-18)35-24-20(29(30,31)32)17-33-27(38-24)36-21-10-11-22(37-25(21)43-5)39-12-14-40(15-13-39)26(42)28(2,3)4;1-4-23(41)33-18-6-5-7-19(14-18)34-25-20(28(29,30)31)15-32-27(37-25)35-21-8-9-22(36-26(21)43-3)38-10-12-39(13-11-38)24(42)16-44-17(2)40/h6-11,16-17H,1,12-15H2,2-5H3,(H,34,41)(H2,33,35,36,38);4-9,14-15H,1,10-13,16H2,2-3H3,(H,33,41)(H2,32,34,35,37). The van der Waals surface area contributed by atoms with Crippen LogP contribution in [-0.4, -0.2) is 142 Å². The Morgan fingerprint density at radius 1 is 0.563 bits per heavy atom. The first-order chi connectivity index (χ1) is 41.2. The maximum Gasteiger partial charge on any atom is 0.421 e. The lowest BCUT2D eigenvalue weighted by Crippen LogP contribution is -2.51. The fourth-order valence-electron chi connectivity index (χ4n) is 8.51. The van der Waals surface area contributed by atoms with Crippen molar-refractivity contribution in [2.45, 2.75) is 40.0 Å². The summed E-state index contributed by atoms with van der Waals surface area (Å²) < 4.78 is 98.5. The van der Waals surface area contributed by atoms with Crippen molar-refractivity contribution in [1.82, 2.24) is 39.7 Å². The van der Waals surface area contributed by atoms with Crippen LogP contribution in [0.5, 0.6) is 11.8 Å². The smallest absolute Gasteiger partial charge is 0.421 e. The predicted octanol–water partition coefficient (Wildman–Crippen LogP) is 8.93. The highest BCUT2D eigenvalue weighted by Crippen LogP contribution is 2.39. The molecule has 6 heterocycles. The van der Waals surface area contributed by atoms with Gasteiger partial charge in [-0.15, -0.1) is 0 Å². The first-order valence-corrected chi connectivity index (χ1v) is 26.6.